The number of ether oxygens (including phenoxy) is 1. The summed E-state index contributed by atoms with van der Waals surface area (Å²) < 4.78 is 32.4. The first-order valence-electron chi connectivity index (χ1n) is 6.21. The summed E-state index contributed by atoms with van der Waals surface area (Å²) in [4.78, 5) is 0. The van der Waals surface area contributed by atoms with Gasteiger partial charge in [-0.05, 0) is 26.8 Å². The Morgan fingerprint density at radius 3 is 2.74 bits per heavy atom. The van der Waals surface area contributed by atoms with Crippen molar-refractivity contribution in [3.63, 3.8) is 0 Å². The number of aromatic nitrogens is 2. The SMILES string of the molecule is CNCc1c(S(=O)(=O)NC2CC(OC)C2)n[nH]c1C. The summed E-state index contributed by atoms with van der Waals surface area (Å²) in [5, 5.41) is 9.67. The fourth-order valence-corrected chi connectivity index (χ4v) is 3.63. The Bertz CT molecular complexity index is 534. The lowest BCUT2D eigenvalue weighted by atomic mass is 9.90. The van der Waals surface area contributed by atoms with Crippen LogP contribution < -0.4 is 10.0 Å². The number of hydrogen-bond donors (Lipinski definition) is 3. The van der Waals surface area contributed by atoms with Crippen LogP contribution in [0.1, 0.15) is 24.1 Å². The van der Waals surface area contributed by atoms with E-state index < -0.39 is 10.0 Å². The highest BCUT2D eigenvalue weighted by Crippen LogP contribution is 2.25. The summed E-state index contributed by atoms with van der Waals surface area (Å²) >= 11 is 0. The van der Waals surface area contributed by atoms with Gasteiger partial charge >= 0.3 is 0 Å². The van der Waals surface area contributed by atoms with Crippen molar-refractivity contribution in [3.05, 3.63) is 11.3 Å². The van der Waals surface area contributed by atoms with Crippen molar-refractivity contribution in [1.29, 1.82) is 0 Å². The molecule has 8 heteroatoms. The molecular formula is C11H20N4O3S. The molecule has 0 aromatic carbocycles. The van der Waals surface area contributed by atoms with Gasteiger partial charge in [0.15, 0.2) is 5.03 Å². The lowest BCUT2D eigenvalue weighted by molar-refractivity contribution is 0.0236. The summed E-state index contributed by atoms with van der Waals surface area (Å²) in [5.74, 6) is 0. The van der Waals surface area contributed by atoms with Crippen molar-refractivity contribution in [1.82, 2.24) is 20.2 Å². The third-order valence-electron chi connectivity index (χ3n) is 3.39. The van der Waals surface area contributed by atoms with Gasteiger partial charge in [-0.25, -0.2) is 13.1 Å². The van der Waals surface area contributed by atoms with Crippen molar-refractivity contribution in [2.75, 3.05) is 14.2 Å². The van der Waals surface area contributed by atoms with Crippen molar-refractivity contribution in [3.8, 4) is 0 Å². The van der Waals surface area contributed by atoms with Crippen LogP contribution in [0, 0.1) is 6.92 Å². The second-order valence-corrected chi connectivity index (χ2v) is 6.44. The maximum absolute atomic E-state index is 12.3. The quantitative estimate of drug-likeness (QED) is 0.679. The zero-order valence-electron chi connectivity index (χ0n) is 11.4. The van der Waals surface area contributed by atoms with Crippen molar-refractivity contribution in [2.24, 2.45) is 0 Å². The molecule has 0 aliphatic heterocycles. The highest BCUT2D eigenvalue weighted by molar-refractivity contribution is 7.89. The van der Waals surface area contributed by atoms with Gasteiger partial charge in [0.1, 0.15) is 0 Å². The van der Waals surface area contributed by atoms with Gasteiger partial charge in [-0.15, -0.1) is 0 Å². The van der Waals surface area contributed by atoms with E-state index in [4.69, 9.17) is 4.74 Å². The van der Waals surface area contributed by atoms with Crippen LogP contribution in [-0.2, 0) is 21.3 Å². The third kappa shape index (κ3) is 2.97. The molecule has 1 heterocycles. The van der Waals surface area contributed by atoms with Gasteiger partial charge in [0.05, 0.1) is 6.10 Å². The minimum absolute atomic E-state index is 0.0607. The summed E-state index contributed by atoms with van der Waals surface area (Å²) in [6.07, 6.45) is 1.58. The van der Waals surface area contributed by atoms with E-state index in [1.807, 2.05) is 6.92 Å². The molecule has 19 heavy (non-hydrogen) atoms. The highest BCUT2D eigenvalue weighted by Gasteiger charge is 2.34. The Morgan fingerprint density at radius 1 is 1.47 bits per heavy atom. The number of aryl methyl sites for hydroxylation is 1. The first-order chi connectivity index (χ1) is 8.97. The van der Waals surface area contributed by atoms with Crippen LogP contribution in [-0.4, -0.2) is 44.9 Å². The molecule has 0 unspecified atom stereocenters. The topological polar surface area (TPSA) is 96.1 Å². The van der Waals surface area contributed by atoms with Crippen LogP contribution in [0.25, 0.3) is 0 Å². The Morgan fingerprint density at radius 2 is 2.16 bits per heavy atom. The zero-order chi connectivity index (χ0) is 14.0. The fourth-order valence-electron chi connectivity index (χ4n) is 2.17. The molecule has 2 rings (SSSR count). The first-order valence-corrected chi connectivity index (χ1v) is 7.69. The van der Waals surface area contributed by atoms with Crippen LogP contribution in [0.5, 0.6) is 0 Å². The molecular weight excluding hydrogens is 268 g/mol. The Kier molecular flexibility index (Phi) is 4.24. The number of hydrogen-bond acceptors (Lipinski definition) is 5. The van der Waals surface area contributed by atoms with Gasteiger partial charge in [-0.2, -0.15) is 5.10 Å². The van der Waals surface area contributed by atoms with E-state index in [1.165, 1.54) is 0 Å². The summed E-state index contributed by atoms with van der Waals surface area (Å²) in [6, 6.07) is -0.0607. The van der Waals surface area contributed by atoms with Gasteiger partial charge in [0, 0.05) is 31.0 Å². The molecule has 0 amide bonds. The number of H-pyrrole nitrogens is 1. The molecule has 3 N–H and O–H groups in total. The molecule has 1 aliphatic carbocycles. The number of rotatable bonds is 6. The molecule has 1 fully saturated rings. The number of nitrogens with one attached hydrogen (secondary N) is 3. The number of sulfonamides is 1. The predicted molar refractivity (Wildman–Crippen MR) is 70.2 cm³/mol. The van der Waals surface area contributed by atoms with Gasteiger partial charge in [0.2, 0.25) is 0 Å². The van der Waals surface area contributed by atoms with E-state index in [2.05, 4.69) is 20.2 Å². The van der Waals surface area contributed by atoms with Crippen molar-refractivity contribution < 1.29 is 13.2 Å². The molecule has 7 nitrogen and oxygen atoms in total. The van der Waals surface area contributed by atoms with Crippen molar-refractivity contribution >= 4 is 10.0 Å². The van der Waals surface area contributed by atoms with E-state index in [1.54, 1.807) is 14.2 Å². The number of nitrogens with zero attached hydrogens (tertiary/aromatic N) is 1. The summed E-state index contributed by atoms with van der Waals surface area (Å²) in [5.41, 5.74) is 1.44. The van der Waals surface area contributed by atoms with E-state index >= 15 is 0 Å². The number of aromatic amines is 1. The van der Waals surface area contributed by atoms with Crippen LogP contribution in [0.15, 0.2) is 5.03 Å². The Hall–Kier alpha value is -0.960. The molecule has 108 valence electrons. The molecule has 1 saturated carbocycles. The second kappa shape index (κ2) is 5.58. The smallest absolute Gasteiger partial charge is 0.260 e. The number of methoxy groups -OCH3 is 1. The van der Waals surface area contributed by atoms with Crippen LogP contribution in [0.3, 0.4) is 0 Å². The lowest BCUT2D eigenvalue weighted by Crippen LogP contribution is -2.47. The normalized spacial score (nSPS) is 23.3. The molecule has 1 aromatic rings. The average Bonchev–Trinajstić information content (AvgIpc) is 2.66. The highest BCUT2D eigenvalue weighted by atomic mass is 32.2. The van der Waals surface area contributed by atoms with Crippen LogP contribution in [0.2, 0.25) is 0 Å². The van der Waals surface area contributed by atoms with E-state index in [9.17, 15) is 8.42 Å². The van der Waals surface area contributed by atoms with E-state index in [-0.39, 0.29) is 17.2 Å². The van der Waals surface area contributed by atoms with Gasteiger partial charge in [0.25, 0.3) is 10.0 Å². The molecule has 0 spiro atoms. The average molecular weight is 288 g/mol. The zero-order valence-corrected chi connectivity index (χ0v) is 12.2. The van der Waals surface area contributed by atoms with Gasteiger partial charge < -0.3 is 10.1 Å². The Balaban J connectivity index is 2.12. The third-order valence-corrected chi connectivity index (χ3v) is 4.88. The molecule has 1 aliphatic rings. The molecule has 0 bridgehead atoms. The maximum Gasteiger partial charge on any atom is 0.260 e. The Labute approximate surface area is 113 Å². The summed E-state index contributed by atoms with van der Waals surface area (Å²) in [6.45, 7) is 2.27. The summed E-state index contributed by atoms with van der Waals surface area (Å²) in [7, 11) is -0.166. The predicted octanol–water partition coefficient (Wildman–Crippen LogP) is -0.107. The molecule has 0 atom stereocenters. The van der Waals surface area contributed by atoms with Gasteiger partial charge in [-0.3, -0.25) is 5.10 Å². The largest absolute Gasteiger partial charge is 0.381 e. The molecule has 0 saturated heterocycles. The second-order valence-electron chi connectivity index (χ2n) is 4.81. The molecule has 1 aromatic heterocycles. The lowest BCUT2D eigenvalue weighted by Gasteiger charge is -2.34. The monoisotopic (exact) mass is 288 g/mol. The molecule has 0 radical (unpaired) electrons. The minimum atomic E-state index is -3.57. The van der Waals surface area contributed by atoms with Gasteiger partial charge in [-0.1, -0.05) is 0 Å². The minimum Gasteiger partial charge on any atom is -0.381 e. The maximum atomic E-state index is 12.3. The van der Waals surface area contributed by atoms with E-state index in [0.717, 1.165) is 5.69 Å². The van der Waals surface area contributed by atoms with Crippen LogP contribution >= 0.6 is 0 Å². The first kappa shape index (κ1) is 14.4. The van der Waals surface area contributed by atoms with Crippen molar-refractivity contribution in [2.45, 2.75) is 43.5 Å². The standard InChI is InChI=1S/C11H20N4O3S/c1-7-10(6-12-2)11(14-13-7)19(16,17)15-8-4-9(5-8)18-3/h8-9,12,15H,4-6H2,1-3H3,(H,13,14). The van der Waals surface area contributed by atoms with Crippen LogP contribution in [0.4, 0.5) is 0 Å². The fraction of sp³-hybridized carbons (Fsp3) is 0.727. The van der Waals surface area contributed by atoms with E-state index in [0.29, 0.717) is 24.9 Å².